The van der Waals surface area contributed by atoms with Crippen molar-refractivity contribution in [3.05, 3.63) is 48.3 Å². The molecule has 1 amide bonds. The number of methoxy groups -OCH3 is 1. The second-order valence-electron chi connectivity index (χ2n) is 6.28. The van der Waals surface area contributed by atoms with E-state index in [1.165, 1.54) is 18.1 Å². The number of halogens is 3. The SMILES string of the molecule is COc1cc(C(F)(F)F)ccc1-c1ccc2c(c1)ncn2CC(=O)N(C)C. The molecule has 0 bridgehead atoms. The van der Waals surface area contributed by atoms with Crippen LogP contribution in [0.4, 0.5) is 13.2 Å². The van der Waals surface area contributed by atoms with Gasteiger partial charge < -0.3 is 14.2 Å². The molecule has 0 atom stereocenters. The molecule has 1 heterocycles. The van der Waals surface area contributed by atoms with Crippen molar-refractivity contribution in [3.8, 4) is 16.9 Å². The van der Waals surface area contributed by atoms with E-state index in [9.17, 15) is 18.0 Å². The van der Waals surface area contributed by atoms with Crippen LogP contribution in [0.25, 0.3) is 22.2 Å². The Morgan fingerprint density at radius 2 is 1.93 bits per heavy atom. The van der Waals surface area contributed by atoms with Crippen molar-refractivity contribution >= 4 is 16.9 Å². The molecule has 5 nitrogen and oxygen atoms in total. The lowest BCUT2D eigenvalue weighted by Crippen LogP contribution is -2.25. The molecule has 142 valence electrons. The zero-order valence-electron chi connectivity index (χ0n) is 15.0. The number of hydrogen-bond acceptors (Lipinski definition) is 3. The first kappa shape index (κ1) is 18.8. The molecule has 8 heteroatoms. The lowest BCUT2D eigenvalue weighted by atomic mass is 10.0. The number of carbonyl (C=O) groups is 1. The van der Waals surface area contributed by atoms with Crippen LogP contribution in [0.1, 0.15) is 5.56 Å². The predicted molar refractivity (Wildman–Crippen MR) is 95.4 cm³/mol. The number of hydrogen-bond donors (Lipinski definition) is 0. The maximum absolute atomic E-state index is 12.9. The molecular weight excluding hydrogens is 359 g/mol. The summed E-state index contributed by atoms with van der Waals surface area (Å²) in [5, 5.41) is 0. The second-order valence-corrected chi connectivity index (χ2v) is 6.28. The standard InChI is InChI=1S/C19H18F3N3O2/c1-24(2)18(26)10-25-11-23-15-8-12(4-7-16(15)25)14-6-5-13(19(20,21)22)9-17(14)27-3/h4-9,11H,10H2,1-3H3. The number of rotatable bonds is 4. The molecule has 0 unspecified atom stereocenters. The largest absolute Gasteiger partial charge is 0.496 e. The number of benzene rings is 2. The van der Waals surface area contributed by atoms with Crippen molar-refractivity contribution < 1.29 is 22.7 Å². The number of imidazole rings is 1. The molecule has 0 spiro atoms. The number of carbonyl (C=O) groups excluding carboxylic acids is 1. The van der Waals surface area contributed by atoms with E-state index >= 15 is 0 Å². The van der Waals surface area contributed by atoms with Gasteiger partial charge in [-0.15, -0.1) is 0 Å². The van der Waals surface area contributed by atoms with E-state index in [0.29, 0.717) is 16.6 Å². The van der Waals surface area contributed by atoms with Crippen LogP contribution in [0.3, 0.4) is 0 Å². The Morgan fingerprint density at radius 1 is 1.19 bits per heavy atom. The number of aromatic nitrogens is 2. The summed E-state index contributed by atoms with van der Waals surface area (Å²) in [4.78, 5) is 17.7. The molecule has 2 aromatic carbocycles. The van der Waals surface area contributed by atoms with Gasteiger partial charge in [-0.05, 0) is 29.8 Å². The summed E-state index contributed by atoms with van der Waals surface area (Å²) in [6, 6.07) is 8.71. The Bertz CT molecular complexity index is 994. The molecule has 0 N–H and O–H groups in total. The number of alkyl halides is 3. The normalized spacial score (nSPS) is 11.6. The summed E-state index contributed by atoms with van der Waals surface area (Å²) in [7, 11) is 4.69. The Balaban J connectivity index is 2.00. The molecule has 0 fully saturated rings. The predicted octanol–water partition coefficient (Wildman–Crippen LogP) is 3.82. The molecule has 0 aliphatic carbocycles. The van der Waals surface area contributed by atoms with Crippen molar-refractivity contribution in [2.24, 2.45) is 0 Å². The summed E-state index contributed by atoms with van der Waals surface area (Å²) in [5.74, 6) is 0.0641. The van der Waals surface area contributed by atoms with Gasteiger partial charge in [-0.3, -0.25) is 4.79 Å². The minimum absolute atomic E-state index is 0.0669. The van der Waals surface area contributed by atoms with Crippen LogP contribution in [0.2, 0.25) is 0 Å². The highest BCUT2D eigenvalue weighted by molar-refractivity contribution is 5.85. The van der Waals surface area contributed by atoms with Crippen molar-refractivity contribution in [2.45, 2.75) is 12.7 Å². The summed E-state index contributed by atoms with van der Waals surface area (Å²) < 4.78 is 45.6. The zero-order valence-corrected chi connectivity index (χ0v) is 15.0. The van der Waals surface area contributed by atoms with Crippen LogP contribution in [0.15, 0.2) is 42.7 Å². The number of fused-ring (bicyclic) bond motifs is 1. The van der Waals surface area contributed by atoms with Crippen LogP contribution in [0.5, 0.6) is 5.75 Å². The lowest BCUT2D eigenvalue weighted by Gasteiger charge is -2.13. The van der Waals surface area contributed by atoms with E-state index in [1.807, 2.05) is 0 Å². The highest BCUT2D eigenvalue weighted by Crippen LogP contribution is 2.37. The monoisotopic (exact) mass is 377 g/mol. The second kappa shape index (κ2) is 6.94. The molecular formula is C19H18F3N3O2. The molecule has 1 aromatic heterocycles. The number of nitrogens with zero attached hydrogens (tertiary/aromatic N) is 3. The third kappa shape index (κ3) is 3.74. The van der Waals surface area contributed by atoms with E-state index in [-0.39, 0.29) is 18.2 Å². The van der Waals surface area contributed by atoms with Crippen molar-refractivity contribution in [2.75, 3.05) is 21.2 Å². The quantitative estimate of drug-likeness (QED) is 0.695. The average molecular weight is 377 g/mol. The van der Waals surface area contributed by atoms with Crippen LogP contribution >= 0.6 is 0 Å². The van der Waals surface area contributed by atoms with Gasteiger partial charge in [0, 0.05) is 19.7 Å². The molecule has 0 aliphatic heterocycles. The van der Waals surface area contributed by atoms with Gasteiger partial charge in [-0.25, -0.2) is 4.98 Å². The molecule has 0 saturated heterocycles. The minimum atomic E-state index is -4.44. The van der Waals surface area contributed by atoms with E-state index in [1.54, 1.807) is 43.2 Å². The van der Waals surface area contributed by atoms with Gasteiger partial charge in [0.15, 0.2) is 0 Å². The minimum Gasteiger partial charge on any atom is -0.496 e. The Kier molecular flexibility index (Phi) is 4.82. The first-order chi connectivity index (χ1) is 12.7. The molecule has 27 heavy (non-hydrogen) atoms. The first-order valence-electron chi connectivity index (χ1n) is 8.11. The number of likely N-dealkylation sites (N-methyl/N-ethyl adjacent to an activating group) is 1. The highest BCUT2D eigenvalue weighted by Gasteiger charge is 2.31. The van der Waals surface area contributed by atoms with Gasteiger partial charge in [0.05, 0.1) is 30.0 Å². The van der Waals surface area contributed by atoms with E-state index in [2.05, 4.69) is 4.98 Å². The number of ether oxygens (including phenoxy) is 1. The fourth-order valence-corrected chi connectivity index (χ4v) is 2.75. The van der Waals surface area contributed by atoms with E-state index in [4.69, 9.17) is 4.74 Å². The van der Waals surface area contributed by atoms with Crippen molar-refractivity contribution in [1.29, 1.82) is 0 Å². The van der Waals surface area contributed by atoms with Crippen LogP contribution in [-0.2, 0) is 17.5 Å². The third-order valence-electron chi connectivity index (χ3n) is 4.27. The fourth-order valence-electron chi connectivity index (χ4n) is 2.75. The van der Waals surface area contributed by atoms with Gasteiger partial charge in [0.25, 0.3) is 0 Å². The van der Waals surface area contributed by atoms with E-state index < -0.39 is 11.7 Å². The van der Waals surface area contributed by atoms with Gasteiger partial charge in [0.1, 0.15) is 12.3 Å². The summed E-state index contributed by atoms with van der Waals surface area (Å²) in [6.07, 6.45) is -2.87. The smallest absolute Gasteiger partial charge is 0.416 e. The summed E-state index contributed by atoms with van der Waals surface area (Å²) >= 11 is 0. The molecule has 3 aromatic rings. The third-order valence-corrected chi connectivity index (χ3v) is 4.27. The Hall–Kier alpha value is -3.03. The molecule has 0 saturated carbocycles. The maximum Gasteiger partial charge on any atom is 0.416 e. The topological polar surface area (TPSA) is 47.4 Å². The van der Waals surface area contributed by atoms with Gasteiger partial charge in [-0.1, -0.05) is 12.1 Å². The van der Waals surface area contributed by atoms with Gasteiger partial charge >= 0.3 is 6.18 Å². The summed E-state index contributed by atoms with van der Waals surface area (Å²) in [5.41, 5.74) is 1.85. The molecule has 0 aliphatic rings. The van der Waals surface area contributed by atoms with Gasteiger partial charge in [-0.2, -0.15) is 13.2 Å². The van der Waals surface area contributed by atoms with Crippen LogP contribution < -0.4 is 4.74 Å². The summed E-state index contributed by atoms with van der Waals surface area (Å²) in [6.45, 7) is 0.159. The Labute approximate surface area is 154 Å². The average Bonchev–Trinajstić information content (AvgIpc) is 3.02. The molecule has 0 radical (unpaired) electrons. The van der Waals surface area contributed by atoms with Crippen LogP contribution in [0, 0.1) is 0 Å². The fraction of sp³-hybridized carbons (Fsp3) is 0.263. The van der Waals surface area contributed by atoms with Crippen molar-refractivity contribution in [1.82, 2.24) is 14.5 Å². The molecule has 3 rings (SSSR count). The van der Waals surface area contributed by atoms with E-state index in [0.717, 1.165) is 17.6 Å². The maximum atomic E-state index is 12.9. The Morgan fingerprint density at radius 3 is 2.56 bits per heavy atom. The number of amides is 1. The van der Waals surface area contributed by atoms with Gasteiger partial charge in [0.2, 0.25) is 5.91 Å². The van der Waals surface area contributed by atoms with Crippen LogP contribution in [-0.4, -0.2) is 41.6 Å². The highest BCUT2D eigenvalue weighted by atomic mass is 19.4. The first-order valence-corrected chi connectivity index (χ1v) is 8.11. The van der Waals surface area contributed by atoms with Crippen molar-refractivity contribution in [3.63, 3.8) is 0 Å². The lowest BCUT2D eigenvalue weighted by molar-refractivity contribution is -0.137. The zero-order chi connectivity index (χ0) is 19.8.